The highest BCUT2D eigenvalue weighted by molar-refractivity contribution is 7.89. The molecule has 2 N–H and O–H groups in total. The number of amides is 1. The molecule has 0 radical (unpaired) electrons. The molecule has 0 fully saturated rings. The zero-order chi connectivity index (χ0) is 16.0. The molecule has 116 valence electrons. The summed E-state index contributed by atoms with van der Waals surface area (Å²) < 4.78 is 29.0. The van der Waals surface area contributed by atoms with Crippen molar-refractivity contribution in [3.8, 4) is 5.75 Å². The first-order chi connectivity index (χ1) is 10.5. The van der Waals surface area contributed by atoms with E-state index in [0.29, 0.717) is 5.75 Å². The first-order valence-electron chi connectivity index (χ1n) is 6.52. The van der Waals surface area contributed by atoms with Crippen molar-refractivity contribution in [2.24, 2.45) is 0 Å². The molecule has 0 bridgehead atoms. The fourth-order valence-electron chi connectivity index (χ4n) is 1.60. The van der Waals surface area contributed by atoms with Gasteiger partial charge in [0.05, 0.1) is 4.90 Å². The Bertz CT molecular complexity index is 728. The highest BCUT2D eigenvalue weighted by Crippen LogP contribution is 2.11. The second kappa shape index (κ2) is 7.06. The average Bonchev–Trinajstić information content (AvgIpc) is 2.53. The molecule has 7 heteroatoms. The van der Waals surface area contributed by atoms with Gasteiger partial charge in [0.1, 0.15) is 5.75 Å². The topological polar surface area (TPSA) is 84.5 Å². The molecule has 0 aromatic heterocycles. The highest BCUT2D eigenvalue weighted by atomic mass is 32.2. The monoisotopic (exact) mass is 320 g/mol. The molecule has 2 rings (SSSR count). The summed E-state index contributed by atoms with van der Waals surface area (Å²) in [4.78, 5) is 13.7. The minimum atomic E-state index is -3.78. The summed E-state index contributed by atoms with van der Waals surface area (Å²) in [6.45, 7) is 1.65. The minimum Gasteiger partial charge on any atom is -0.484 e. The van der Waals surface area contributed by atoms with Gasteiger partial charge in [-0.1, -0.05) is 35.9 Å². The largest absolute Gasteiger partial charge is 0.484 e. The number of hydrogen-bond donors (Lipinski definition) is 2. The lowest BCUT2D eigenvalue weighted by Gasteiger charge is -2.09. The molecule has 0 heterocycles. The van der Waals surface area contributed by atoms with Crippen molar-refractivity contribution in [2.45, 2.75) is 11.8 Å². The maximum absolute atomic E-state index is 11.9. The van der Waals surface area contributed by atoms with E-state index < -0.39 is 15.9 Å². The molecular weight excluding hydrogens is 304 g/mol. The van der Waals surface area contributed by atoms with Crippen LogP contribution in [-0.4, -0.2) is 20.9 Å². The lowest BCUT2D eigenvalue weighted by molar-refractivity contribution is -0.123. The normalized spacial score (nSPS) is 11.0. The standard InChI is InChI=1S/C15H16N2O4S/c1-12-7-9-13(10-8-12)21-11-15(18)16-17-22(19,20)14-5-3-2-4-6-14/h2-10,17H,11H2,1H3,(H,16,18). The van der Waals surface area contributed by atoms with E-state index in [1.165, 1.54) is 12.1 Å². The molecule has 22 heavy (non-hydrogen) atoms. The lowest BCUT2D eigenvalue weighted by atomic mass is 10.2. The molecule has 0 aliphatic rings. The van der Waals surface area contributed by atoms with Crippen molar-refractivity contribution < 1.29 is 17.9 Å². The minimum absolute atomic E-state index is 0.0646. The number of carbonyl (C=O) groups is 1. The maximum Gasteiger partial charge on any atom is 0.272 e. The SMILES string of the molecule is Cc1ccc(OCC(=O)NNS(=O)(=O)c2ccccc2)cc1. The van der Waals surface area contributed by atoms with Crippen LogP contribution in [0, 0.1) is 6.92 Å². The number of sulfonamides is 1. The Labute approximate surface area is 129 Å². The Hall–Kier alpha value is -2.38. The van der Waals surface area contributed by atoms with Crippen LogP contribution in [-0.2, 0) is 14.8 Å². The summed E-state index contributed by atoms with van der Waals surface area (Å²) in [6, 6.07) is 14.9. The Morgan fingerprint density at radius 2 is 1.68 bits per heavy atom. The van der Waals surface area contributed by atoms with Crippen LogP contribution < -0.4 is 15.0 Å². The third-order valence-corrected chi connectivity index (χ3v) is 4.03. The van der Waals surface area contributed by atoms with Crippen molar-refractivity contribution >= 4 is 15.9 Å². The molecule has 0 aliphatic heterocycles. The molecule has 0 aliphatic carbocycles. The van der Waals surface area contributed by atoms with E-state index in [9.17, 15) is 13.2 Å². The van der Waals surface area contributed by atoms with Gasteiger partial charge in [-0.25, -0.2) is 8.42 Å². The van der Waals surface area contributed by atoms with Gasteiger partial charge in [0, 0.05) is 0 Å². The van der Waals surface area contributed by atoms with Gasteiger partial charge in [-0.3, -0.25) is 10.2 Å². The van der Waals surface area contributed by atoms with Gasteiger partial charge >= 0.3 is 0 Å². The van der Waals surface area contributed by atoms with Crippen LogP contribution in [0.15, 0.2) is 59.5 Å². The zero-order valence-electron chi connectivity index (χ0n) is 11.9. The van der Waals surface area contributed by atoms with Gasteiger partial charge in [0.15, 0.2) is 6.61 Å². The van der Waals surface area contributed by atoms with Crippen molar-refractivity contribution in [2.75, 3.05) is 6.61 Å². The predicted molar refractivity (Wildman–Crippen MR) is 81.6 cm³/mol. The van der Waals surface area contributed by atoms with Crippen LogP contribution >= 0.6 is 0 Å². The Kier molecular flexibility index (Phi) is 5.13. The van der Waals surface area contributed by atoms with E-state index in [-0.39, 0.29) is 11.5 Å². The van der Waals surface area contributed by atoms with Crippen LogP contribution in [0.25, 0.3) is 0 Å². The van der Waals surface area contributed by atoms with E-state index in [4.69, 9.17) is 4.74 Å². The summed E-state index contributed by atoms with van der Waals surface area (Å²) in [7, 11) is -3.78. The van der Waals surface area contributed by atoms with E-state index in [1.54, 1.807) is 30.3 Å². The molecule has 0 saturated heterocycles. The van der Waals surface area contributed by atoms with Gasteiger partial charge < -0.3 is 4.74 Å². The molecule has 6 nitrogen and oxygen atoms in total. The van der Waals surface area contributed by atoms with Gasteiger partial charge in [0.2, 0.25) is 0 Å². The van der Waals surface area contributed by atoms with Gasteiger partial charge in [-0.05, 0) is 31.2 Å². The smallest absolute Gasteiger partial charge is 0.272 e. The number of rotatable bonds is 6. The summed E-state index contributed by atoms with van der Waals surface area (Å²) in [6.07, 6.45) is 0. The van der Waals surface area contributed by atoms with Gasteiger partial charge in [-0.2, -0.15) is 0 Å². The van der Waals surface area contributed by atoms with Crippen LogP contribution in [0.2, 0.25) is 0 Å². The summed E-state index contributed by atoms with van der Waals surface area (Å²) in [5, 5.41) is 0. The molecule has 2 aromatic carbocycles. The number of hydrazine groups is 1. The number of aryl methyl sites for hydroxylation is 1. The molecule has 1 amide bonds. The predicted octanol–water partition coefficient (Wildman–Crippen LogP) is 1.38. The Morgan fingerprint density at radius 1 is 1.05 bits per heavy atom. The number of hydrogen-bond acceptors (Lipinski definition) is 4. The zero-order valence-corrected chi connectivity index (χ0v) is 12.8. The molecule has 0 saturated carbocycles. The van der Waals surface area contributed by atoms with Crippen molar-refractivity contribution in [3.63, 3.8) is 0 Å². The average molecular weight is 320 g/mol. The van der Waals surface area contributed by atoms with Crippen LogP contribution in [0.1, 0.15) is 5.56 Å². The maximum atomic E-state index is 11.9. The highest BCUT2D eigenvalue weighted by Gasteiger charge is 2.14. The third-order valence-electron chi connectivity index (χ3n) is 2.77. The number of carbonyl (C=O) groups excluding carboxylic acids is 1. The van der Waals surface area contributed by atoms with Crippen LogP contribution in [0.5, 0.6) is 5.75 Å². The fraction of sp³-hybridized carbons (Fsp3) is 0.133. The quantitative estimate of drug-likeness (QED) is 0.788. The van der Waals surface area contributed by atoms with E-state index >= 15 is 0 Å². The molecule has 2 aromatic rings. The van der Waals surface area contributed by atoms with Gasteiger partial charge in [-0.15, -0.1) is 4.83 Å². The lowest BCUT2D eigenvalue weighted by Crippen LogP contribution is -2.43. The number of benzene rings is 2. The number of nitrogens with one attached hydrogen (secondary N) is 2. The van der Waals surface area contributed by atoms with Crippen molar-refractivity contribution in [1.29, 1.82) is 0 Å². The fourth-order valence-corrected chi connectivity index (χ4v) is 2.48. The van der Waals surface area contributed by atoms with E-state index in [1.807, 2.05) is 23.9 Å². The summed E-state index contributed by atoms with van der Waals surface area (Å²) in [5.41, 5.74) is 3.18. The van der Waals surface area contributed by atoms with Crippen molar-refractivity contribution in [3.05, 3.63) is 60.2 Å². The second-order valence-electron chi connectivity index (χ2n) is 4.57. The Balaban J connectivity index is 1.84. The second-order valence-corrected chi connectivity index (χ2v) is 6.25. The molecule has 0 spiro atoms. The van der Waals surface area contributed by atoms with E-state index in [2.05, 4.69) is 5.43 Å². The van der Waals surface area contributed by atoms with E-state index in [0.717, 1.165) is 5.56 Å². The first kappa shape index (κ1) is 16.0. The molecule has 0 unspecified atom stereocenters. The molecule has 0 atom stereocenters. The third kappa shape index (κ3) is 4.57. The summed E-state index contributed by atoms with van der Waals surface area (Å²) >= 11 is 0. The van der Waals surface area contributed by atoms with Crippen molar-refractivity contribution in [1.82, 2.24) is 10.3 Å². The van der Waals surface area contributed by atoms with Crippen LogP contribution in [0.3, 0.4) is 0 Å². The number of ether oxygens (including phenoxy) is 1. The van der Waals surface area contributed by atoms with Crippen LogP contribution in [0.4, 0.5) is 0 Å². The first-order valence-corrected chi connectivity index (χ1v) is 8.01. The van der Waals surface area contributed by atoms with Gasteiger partial charge in [0.25, 0.3) is 15.9 Å². The summed E-state index contributed by atoms with van der Waals surface area (Å²) in [5.74, 6) is -0.0632. The Morgan fingerprint density at radius 3 is 2.32 bits per heavy atom. The molecular formula is C15H16N2O4S.